The summed E-state index contributed by atoms with van der Waals surface area (Å²) >= 11 is 1.75. The molecule has 0 aliphatic heterocycles. The van der Waals surface area contributed by atoms with Crippen LogP contribution in [-0.2, 0) is 16.2 Å². The van der Waals surface area contributed by atoms with Gasteiger partial charge in [0, 0.05) is 17.6 Å². The fourth-order valence-electron chi connectivity index (χ4n) is 1.61. The zero-order chi connectivity index (χ0) is 13.7. The minimum atomic E-state index is -0.308. The summed E-state index contributed by atoms with van der Waals surface area (Å²) in [6.45, 7) is 1.88. The molecule has 0 radical (unpaired) electrons. The monoisotopic (exact) mass is 277 g/mol. The van der Waals surface area contributed by atoms with Gasteiger partial charge in [0.05, 0.1) is 18.4 Å². The number of esters is 1. The van der Waals surface area contributed by atoms with Crippen molar-refractivity contribution in [2.45, 2.75) is 18.4 Å². The van der Waals surface area contributed by atoms with E-state index >= 15 is 0 Å². The molecule has 0 atom stereocenters. The van der Waals surface area contributed by atoms with Gasteiger partial charge in [0.2, 0.25) is 0 Å². The van der Waals surface area contributed by atoms with Crippen LogP contribution in [0.2, 0.25) is 0 Å². The first-order chi connectivity index (χ1) is 9.19. The van der Waals surface area contributed by atoms with Crippen molar-refractivity contribution in [3.8, 4) is 0 Å². The van der Waals surface area contributed by atoms with Crippen LogP contribution >= 0.6 is 11.8 Å². The number of carbonyl (C=O) groups is 1. The van der Waals surface area contributed by atoms with Crippen LogP contribution in [0.5, 0.6) is 0 Å². The lowest BCUT2D eigenvalue weighted by molar-refractivity contribution is 0.0600. The lowest BCUT2D eigenvalue weighted by atomic mass is 10.1. The van der Waals surface area contributed by atoms with E-state index in [1.165, 1.54) is 7.11 Å². The van der Waals surface area contributed by atoms with Crippen LogP contribution in [0.25, 0.3) is 0 Å². The Balaban J connectivity index is 1.84. The van der Waals surface area contributed by atoms with Gasteiger partial charge in [-0.2, -0.15) is 11.8 Å². The van der Waals surface area contributed by atoms with E-state index in [-0.39, 0.29) is 5.97 Å². The van der Waals surface area contributed by atoms with Crippen LogP contribution in [0.1, 0.15) is 27.4 Å². The predicted octanol–water partition coefficient (Wildman–Crippen LogP) is 3.20. The normalized spacial score (nSPS) is 10.4. The molecule has 0 fully saturated rings. The highest BCUT2D eigenvalue weighted by Gasteiger charge is 2.05. The first kappa shape index (κ1) is 13.7. The molecule has 2 rings (SSSR count). The molecule has 1 aromatic carbocycles. The van der Waals surface area contributed by atoms with Crippen molar-refractivity contribution in [2.75, 3.05) is 7.11 Å². The summed E-state index contributed by atoms with van der Waals surface area (Å²) < 4.78 is 9.66. The summed E-state index contributed by atoms with van der Waals surface area (Å²) in [6, 6.07) is 9.37. The third-order valence-corrected chi connectivity index (χ3v) is 3.61. The Labute approximate surface area is 116 Å². The first-order valence-electron chi connectivity index (χ1n) is 5.86. The SMILES string of the molecule is COC(=O)c1ccc(CSCc2cc(C)on2)cc1. The van der Waals surface area contributed by atoms with E-state index in [1.54, 1.807) is 23.9 Å². The molecule has 19 heavy (non-hydrogen) atoms. The zero-order valence-electron chi connectivity index (χ0n) is 10.9. The molecule has 0 N–H and O–H groups in total. The van der Waals surface area contributed by atoms with E-state index < -0.39 is 0 Å². The summed E-state index contributed by atoms with van der Waals surface area (Å²) in [5, 5.41) is 3.94. The molecular formula is C14H15NO3S. The number of rotatable bonds is 5. The summed E-state index contributed by atoms with van der Waals surface area (Å²) in [5.74, 6) is 2.21. The van der Waals surface area contributed by atoms with Gasteiger partial charge in [0.1, 0.15) is 5.76 Å². The lowest BCUT2D eigenvalue weighted by Gasteiger charge is -2.02. The van der Waals surface area contributed by atoms with Gasteiger partial charge in [-0.05, 0) is 24.6 Å². The number of hydrogen-bond acceptors (Lipinski definition) is 5. The average molecular weight is 277 g/mol. The van der Waals surface area contributed by atoms with Gasteiger partial charge >= 0.3 is 5.97 Å². The van der Waals surface area contributed by atoms with Crippen molar-refractivity contribution in [1.82, 2.24) is 5.16 Å². The van der Waals surface area contributed by atoms with Gasteiger partial charge in [-0.1, -0.05) is 17.3 Å². The van der Waals surface area contributed by atoms with Crippen molar-refractivity contribution in [1.29, 1.82) is 0 Å². The summed E-state index contributed by atoms with van der Waals surface area (Å²) in [4.78, 5) is 11.3. The number of nitrogens with zero attached hydrogens (tertiary/aromatic N) is 1. The van der Waals surface area contributed by atoms with E-state index in [0.29, 0.717) is 5.56 Å². The van der Waals surface area contributed by atoms with Gasteiger partial charge in [-0.15, -0.1) is 0 Å². The van der Waals surface area contributed by atoms with E-state index in [9.17, 15) is 4.79 Å². The van der Waals surface area contributed by atoms with Crippen LogP contribution in [-0.4, -0.2) is 18.2 Å². The largest absolute Gasteiger partial charge is 0.465 e. The summed E-state index contributed by atoms with van der Waals surface area (Å²) in [6.07, 6.45) is 0. The fraction of sp³-hybridized carbons (Fsp3) is 0.286. The summed E-state index contributed by atoms with van der Waals surface area (Å²) in [5.41, 5.74) is 2.69. The molecule has 4 nitrogen and oxygen atoms in total. The number of hydrogen-bond donors (Lipinski definition) is 0. The molecule has 5 heteroatoms. The first-order valence-corrected chi connectivity index (χ1v) is 7.01. The highest BCUT2D eigenvalue weighted by Crippen LogP contribution is 2.18. The van der Waals surface area contributed by atoms with Gasteiger partial charge in [-0.25, -0.2) is 4.79 Å². The molecule has 1 heterocycles. The van der Waals surface area contributed by atoms with E-state index in [2.05, 4.69) is 9.89 Å². The predicted molar refractivity (Wildman–Crippen MR) is 74.0 cm³/mol. The quantitative estimate of drug-likeness (QED) is 0.785. The Morgan fingerprint density at radius 3 is 2.63 bits per heavy atom. The molecule has 0 amide bonds. The highest BCUT2D eigenvalue weighted by molar-refractivity contribution is 7.97. The van der Waals surface area contributed by atoms with Crippen molar-refractivity contribution in [2.24, 2.45) is 0 Å². The number of benzene rings is 1. The van der Waals surface area contributed by atoms with Gasteiger partial charge in [0.15, 0.2) is 0 Å². The van der Waals surface area contributed by atoms with E-state index in [0.717, 1.165) is 28.5 Å². The van der Waals surface area contributed by atoms with Crippen LogP contribution in [0.4, 0.5) is 0 Å². The average Bonchev–Trinajstić information content (AvgIpc) is 2.84. The highest BCUT2D eigenvalue weighted by atomic mass is 32.2. The van der Waals surface area contributed by atoms with Crippen molar-refractivity contribution in [3.05, 3.63) is 52.9 Å². The Kier molecular flexibility index (Phi) is 4.63. The Morgan fingerprint density at radius 1 is 1.32 bits per heavy atom. The standard InChI is InChI=1S/C14H15NO3S/c1-10-7-13(15-18-10)9-19-8-11-3-5-12(6-4-11)14(16)17-2/h3-7H,8-9H2,1-2H3. The Bertz CT molecular complexity index is 548. The second kappa shape index (κ2) is 6.43. The Hall–Kier alpha value is -1.75. The molecular weight excluding hydrogens is 262 g/mol. The number of carbonyl (C=O) groups excluding carboxylic acids is 1. The van der Waals surface area contributed by atoms with Crippen molar-refractivity contribution in [3.63, 3.8) is 0 Å². The summed E-state index contributed by atoms with van der Waals surface area (Å²) in [7, 11) is 1.38. The maximum atomic E-state index is 11.3. The number of methoxy groups -OCH3 is 1. The molecule has 2 aromatic rings. The van der Waals surface area contributed by atoms with E-state index in [1.807, 2.05) is 25.1 Å². The van der Waals surface area contributed by atoms with Crippen LogP contribution < -0.4 is 0 Å². The molecule has 100 valence electrons. The van der Waals surface area contributed by atoms with Crippen LogP contribution in [0.15, 0.2) is 34.9 Å². The van der Waals surface area contributed by atoms with Gasteiger partial charge < -0.3 is 9.26 Å². The third-order valence-electron chi connectivity index (χ3n) is 2.57. The molecule has 0 aliphatic carbocycles. The van der Waals surface area contributed by atoms with E-state index in [4.69, 9.17) is 4.52 Å². The van der Waals surface area contributed by atoms with Gasteiger partial charge in [-0.3, -0.25) is 0 Å². The Morgan fingerprint density at radius 2 is 2.05 bits per heavy atom. The molecule has 0 aliphatic rings. The molecule has 0 saturated carbocycles. The second-order valence-electron chi connectivity index (χ2n) is 4.11. The number of aromatic nitrogens is 1. The second-order valence-corrected chi connectivity index (χ2v) is 5.10. The van der Waals surface area contributed by atoms with Crippen molar-refractivity contribution < 1.29 is 14.1 Å². The molecule has 0 unspecified atom stereocenters. The minimum absolute atomic E-state index is 0.308. The third kappa shape index (κ3) is 3.86. The number of ether oxygens (including phenoxy) is 1. The lowest BCUT2D eigenvalue weighted by Crippen LogP contribution is -2.00. The molecule has 0 spiro atoms. The molecule has 0 saturated heterocycles. The molecule has 0 bridgehead atoms. The number of aryl methyl sites for hydroxylation is 1. The van der Waals surface area contributed by atoms with Crippen LogP contribution in [0, 0.1) is 6.92 Å². The van der Waals surface area contributed by atoms with Gasteiger partial charge in [0.25, 0.3) is 0 Å². The molecule has 1 aromatic heterocycles. The maximum Gasteiger partial charge on any atom is 0.337 e. The smallest absolute Gasteiger partial charge is 0.337 e. The topological polar surface area (TPSA) is 52.3 Å². The minimum Gasteiger partial charge on any atom is -0.465 e. The van der Waals surface area contributed by atoms with Crippen molar-refractivity contribution >= 4 is 17.7 Å². The van der Waals surface area contributed by atoms with Crippen LogP contribution in [0.3, 0.4) is 0 Å². The zero-order valence-corrected chi connectivity index (χ0v) is 11.7. The maximum absolute atomic E-state index is 11.3. The number of thioether (sulfide) groups is 1. The fourth-order valence-corrected chi connectivity index (χ4v) is 2.49.